The molecule has 5 nitrogen and oxygen atoms in total. The molecule has 0 aliphatic heterocycles. The van der Waals surface area contributed by atoms with E-state index in [-0.39, 0.29) is 12.5 Å². The summed E-state index contributed by atoms with van der Waals surface area (Å²) in [4.78, 5) is 12.1. The van der Waals surface area contributed by atoms with Crippen molar-refractivity contribution in [3.63, 3.8) is 0 Å². The van der Waals surface area contributed by atoms with Gasteiger partial charge in [-0.3, -0.25) is 4.79 Å². The summed E-state index contributed by atoms with van der Waals surface area (Å²) in [6.07, 6.45) is 0.447. The van der Waals surface area contributed by atoms with Gasteiger partial charge in [-0.1, -0.05) is 0 Å². The van der Waals surface area contributed by atoms with Crippen LogP contribution in [0.3, 0.4) is 0 Å². The Morgan fingerprint density at radius 1 is 1.45 bits per heavy atom. The molecule has 0 aromatic heterocycles. The molecular weight excluding hydrogens is 326 g/mol. The molecule has 0 fully saturated rings. The Kier molecular flexibility index (Phi) is 6.45. The molecule has 1 unspecified atom stereocenters. The van der Waals surface area contributed by atoms with Crippen LogP contribution < -0.4 is 10.1 Å². The second-order valence-corrected chi connectivity index (χ2v) is 5.62. The maximum atomic E-state index is 12.1. The van der Waals surface area contributed by atoms with Crippen molar-refractivity contribution in [1.29, 1.82) is 0 Å². The molecule has 0 saturated carbocycles. The topological polar surface area (TPSA) is 67.8 Å². The summed E-state index contributed by atoms with van der Waals surface area (Å²) in [5.41, 5.74) is -0.538. The van der Waals surface area contributed by atoms with E-state index in [1.165, 1.54) is 0 Å². The predicted molar refractivity (Wildman–Crippen MR) is 80.1 cm³/mol. The van der Waals surface area contributed by atoms with Gasteiger partial charge in [0.05, 0.1) is 18.3 Å². The highest BCUT2D eigenvalue weighted by molar-refractivity contribution is 9.10. The molecule has 0 bridgehead atoms. The first-order chi connectivity index (χ1) is 9.39. The summed E-state index contributed by atoms with van der Waals surface area (Å²) in [6, 6.07) is 5.15. The zero-order valence-corrected chi connectivity index (χ0v) is 13.5. The summed E-state index contributed by atoms with van der Waals surface area (Å²) in [5, 5.41) is 12.8. The number of carbonyl (C=O) groups is 1. The van der Waals surface area contributed by atoms with E-state index in [9.17, 15) is 9.90 Å². The average molecular weight is 346 g/mol. The smallest absolute Gasteiger partial charge is 0.252 e. The monoisotopic (exact) mass is 345 g/mol. The molecule has 1 atom stereocenters. The molecule has 0 radical (unpaired) electrons. The van der Waals surface area contributed by atoms with E-state index >= 15 is 0 Å². The van der Waals surface area contributed by atoms with Crippen LogP contribution in [0.4, 0.5) is 0 Å². The number of carbonyl (C=O) groups excluding carboxylic acids is 1. The first-order valence-corrected chi connectivity index (χ1v) is 7.02. The first kappa shape index (κ1) is 16.9. The van der Waals surface area contributed by atoms with Crippen molar-refractivity contribution in [2.24, 2.45) is 0 Å². The van der Waals surface area contributed by atoms with E-state index in [4.69, 9.17) is 9.47 Å². The Labute approximate surface area is 127 Å². The number of amides is 1. The molecule has 0 heterocycles. The molecule has 112 valence electrons. The van der Waals surface area contributed by atoms with Crippen LogP contribution in [-0.4, -0.2) is 44.0 Å². The van der Waals surface area contributed by atoms with Crippen molar-refractivity contribution in [3.05, 3.63) is 28.2 Å². The van der Waals surface area contributed by atoms with Crippen molar-refractivity contribution in [2.75, 3.05) is 27.4 Å². The summed E-state index contributed by atoms with van der Waals surface area (Å²) in [6.45, 7) is 2.25. The maximum Gasteiger partial charge on any atom is 0.252 e. The lowest BCUT2D eigenvalue weighted by Crippen LogP contribution is -2.41. The predicted octanol–water partition coefficient (Wildman–Crippen LogP) is 1.97. The van der Waals surface area contributed by atoms with Crippen molar-refractivity contribution < 1.29 is 19.4 Å². The third-order valence-corrected chi connectivity index (χ3v) is 3.58. The highest BCUT2D eigenvalue weighted by Gasteiger charge is 2.22. The van der Waals surface area contributed by atoms with Gasteiger partial charge in [-0.2, -0.15) is 0 Å². The average Bonchev–Trinajstić information content (AvgIpc) is 2.43. The van der Waals surface area contributed by atoms with Crippen LogP contribution >= 0.6 is 15.9 Å². The minimum absolute atomic E-state index is 0.152. The maximum absolute atomic E-state index is 12.1. The van der Waals surface area contributed by atoms with Gasteiger partial charge in [-0.25, -0.2) is 0 Å². The van der Waals surface area contributed by atoms with Crippen molar-refractivity contribution in [3.8, 4) is 5.75 Å². The van der Waals surface area contributed by atoms with Gasteiger partial charge in [0.2, 0.25) is 0 Å². The molecule has 0 aliphatic carbocycles. The number of benzene rings is 1. The van der Waals surface area contributed by atoms with Crippen LogP contribution in [0.25, 0.3) is 0 Å². The minimum Gasteiger partial charge on any atom is -0.497 e. The standard InChI is InChI=1S/C14H20BrNO4/c1-14(18,6-7-19-2)9-16-13(17)11-8-10(20-3)4-5-12(11)15/h4-5,8,18H,6-7,9H2,1-3H3,(H,16,17). The van der Waals surface area contributed by atoms with Gasteiger partial charge >= 0.3 is 0 Å². The summed E-state index contributed by atoms with van der Waals surface area (Å²) in [7, 11) is 3.11. The largest absolute Gasteiger partial charge is 0.497 e. The summed E-state index contributed by atoms with van der Waals surface area (Å²) in [5.74, 6) is 0.331. The number of hydrogen-bond acceptors (Lipinski definition) is 4. The lowest BCUT2D eigenvalue weighted by atomic mass is 10.0. The van der Waals surface area contributed by atoms with E-state index in [2.05, 4.69) is 21.2 Å². The van der Waals surface area contributed by atoms with Gasteiger partial charge < -0.3 is 19.9 Å². The number of ether oxygens (including phenoxy) is 2. The Bertz CT molecular complexity index is 462. The van der Waals surface area contributed by atoms with Crippen molar-refractivity contribution in [2.45, 2.75) is 18.9 Å². The summed E-state index contributed by atoms with van der Waals surface area (Å²) < 4.78 is 10.7. The lowest BCUT2D eigenvalue weighted by molar-refractivity contribution is 0.0243. The molecule has 1 aromatic carbocycles. The Hall–Kier alpha value is -1.11. The normalized spacial score (nSPS) is 13.7. The van der Waals surface area contributed by atoms with E-state index in [1.54, 1.807) is 39.3 Å². The van der Waals surface area contributed by atoms with Gasteiger partial charge in [0.1, 0.15) is 5.75 Å². The number of hydrogen-bond donors (Lipinski definition) is 2. The molecule has 6 heteroatoms. The van der Waals surface area contributed by atoms with Crippen LogP contribution in [0.2, 0.25) is 0 Å². The second kappa shape index (κ2) is 7.61. The number of nitrogens with one attached hydrogen (secondary N) is 1. The number of rotatable bonds is 7. The highest BCUT2D eigenvalue weighted by Crippen LogP contribution is 2.22. The molecule has 0 aliphatic rings. The Balaban J connectivity index is 2.67. The SMILES string of the molecule is COCCC(C)(O)CNC(=O)c1cc(OC)ccc1Br. The zero-order valence-electron chi connectivity index (χ0n) is 11.9. The fourth-order valence-corrected chi connectivity index (χ4v) is 2.01. The van der Waals surface area contributed by atoms with E-state index < -0.39 is 5.60 Å². The van der Waals surface area contributed by atoms with Gasteiger partial charge in [0.25, 0.3) is 5.91 Å². The number of methoxy groups -OCH3 is 2. The number of aliphatic hydroxyl groups is 1. The van der Waals surface area contributed by atoms with Crippen LogP contribution in [-0.2, 0) is 4.74 Å². The van der Waals surface area contributed by atoms with E-state index in [1.807, 2.05) is 0 Å². The Morgan fingerprint density at radius 3 is 2.75 bits per heavy atom. The van der Waals surface area contributed by atoms with Gasteiger partial charge in [0.15, 0.2) is 0 Å². The molecule has 0 saturated heterocycles. The van der Waals surface area contributed by atoms with Crippen LogP contribution in [0.15, 0.2) is 22.7 Å². The van der Waals surface area contributed by atoms with Crippen LogP contribution in [0, 0.1) is 0 Å². The van der Waals surface area contributed by atoms with Gasteiger partial charge in [-0.05, 0) is 41.1 Å². The van der Waals surface area contributed by atoms with Crippen LogP contribution in [0.5, 0.6) is 5.75 Å². The van der Waals surface area contributed by atoms with Crippen molar-refractivity contribution >= 4 is 21.8 Å². The molecule has 20 heavy (non-hydrogen) atoms. The summed E-state index contributed by atoms with van der Waals surface area (Å²) >= 11 is 3.32. The van der Waals surface area contributed by atoms with Gasteiger partial charge in [0, 0.05) is 31.2 Å². The highest BCUT2D eigenvalue weighted by atomic mass is 79.9. The third-order valence-electron chi connectivity index (χ3n) is 2.89. The molecule has 0 spiro atoms. The minimum atomic E-state index is -1.00. The molecule has 1 amide bonds. The lowest BCUT2D eigenvalue weighted by Gasteiger charge is -2.23. The second-order valence-electron chi connectivity index (χ2n) is 4.77. The molecule has 1 rings (SSSR count). The first-order valence-electron chi connectivity index (χ1n) is 6.22. The zero-order chi connectivity index (χ0) is 15.2. The Morgan fingerprint density at radius 2 is 2.15 bits per heavy atom. The van der Waals surface area contributed by atoms with Crippen molar-refractivity contribution in [1.82, 2.24) is 5.32 Å². The fourth-order valence-electron chi connectivity index (χ4n) is 1.58. The van der Waals surface area contributed by atoms with E-state index in [0.717, 1.165) is 0 Å². The molecule has 1 aromatic rings. The van der Waals surface area contributed by atoms with Gasteiger partial charge in [-0.15, -0.1) is 0 Å². The third kappa shape index (κ3) is 5.11. The van der Waals surface area contributed by atoms with E-state index in [0.29, 0.717) is 28.8 Å². The fraction of sp³-hybridized carbons (Fsp3) is 0.500. The molecule has 2 N–H and O–H groups in total. The number of halogens is 1. The quantitative estimate of drug-likeness (QED) is 0.792. The van der Waals surface area contributed by atoms with Crippen LogP contribution in [0.1, 0.15) is 23.7 Å². The molecular formula is C14H20BrNO4.